The normalized spacial score (nSPS) is 10.3. The van der Waals surface area contributed by atoms with Gasteiger partial charge in [0.2, 0.25) is 0 Å². The molecule has 0 unspecified atom stereocenters. The van der Waals surface area contributed by atoms with Crippen molar-refractivity contribution in [2.45, 2.75) is 6.54 Å². The van der Waals surface area contributed by atoms with Crippen LogP contribution in [0.3, 0.4) is 0 Å². The second-order valence-electron chi connectivity index (χ2n) is 3.72. The maximum absolute atomic E-state index is 11.7. The van der Waals surface area contributed by atoms with Crippen molar-refractivity contribution in [3.05, 3.63) is 29.3 Å². The molecule has 1 rings (SSSR count). The van der Waals surface area contributed by atoms with E-state index in [0.717, 1.165) is 5.56 Å². The van der Waals surface area contributed by atoms with E-state index in [2.05, 4.69) is 0 Å². The summed E-state index contributed by atoms with van der Waals surface area (Å²) in [5.41, 5.74) is 1.40. The van der Waals surface area contributed by atoms with Gasteiger partial charge in [0, 0.05) is 6.54 Å². The molecule has 0 aliphatic heterocycles. The number of hydrogen-bond donors (Lipinski definition) is 0. The Bertz CT molecular complexity index is 375. The highest BCUT2D eigenvalue weighted by Gasteiger charge is 2.17. The maximum atomic E-state index is 11.7. The SMILES string of the molecule is COC(=O)c1c(CN(C)C)cccc1OC. The second kappa shape index (κ2) is 5.51. The number of ether oxygens (including phenoxy) is 2. The molecular weight excluding hydrogens is 206 g/mol. The van der Waals surface area contributed by atoms with Crippen LogP contribution in [0.4, 0.5) is 0 Å². The first-order chi connectivity index (χ1) is 7.60. The van der Waals surface area contributed by atoms with Gasteiger partial charge in [-0.15, -0.1) is 0 Å². The highest BCUT2D eigenvalue weighted by atomic mass is 16.5. The van der Waals surface area contributed by atoms with Crippen molar-refractivity contribution in [2.24, 2.45) is 0 Å². The van der Waals surface area contributed by atoms with E-state index in [1.807, 2.05) is 31.1 Å². The third-order valence-electron chi connectivity index (χ3n) is 2.21. The molecule has 0 aromatic heterocycles. The molecule has 0 radical (unpaired) electrons. The lowest BCUT2D eigenvalue weighted by atomic mass is 10.1. The number of benzene rings is 1. The molecule has 0 spiro atoms. The van der Waals surface area contributed by atoms with Crippen LogP contribution < -0.4 is 4.74 Å². The number of rotatable bonds is 4. The summed E-state index contributed by atoms with van der Waals surface area (Å²) < 4.78 is 9.93. The number of hydrogen-bond acceptors (Lipinski definition) is 4. The zero-order valence-corrected chi connectivity index (χ0v) is 10.1. The fourth-order valence-electron chi connectivity index (χ4n) is 1.55. The van der Waals surface area contributed by atoms with E-state index in [1.54, 1.807) is 13.2 Å². The van der Waals surface area contributed by atoms with Crippen LogP contribution in [0.5, 0.6) is 5.75 Å². The predicted octanol–water partition coefficient (Wildman–Crippen LogP) is 1.54. The van der Waals surface area contributed by atoms with Crippen molar-refractivity contribution < 1.29 is 14.3 Å². The van der Waals surface area contributed by atoms with E-state index in [0.29, 0.717) is 17.9 Å². The van der Waals surface area contributed by atoms with Gasteiger partial charge < -0.3 is 14.4 Å². The number of esters is 1. The highest BCUT2D eigenvalue weighted by molar-refractivity contribution is 5.94. The Kier molecular flexibility index (Phi) is 4.31. The molecule has 4 heteroatoms. The molecular formula is C12H17NO3. The summed E-state index contributed by atoms with van der Waals surface area (Å²) in [5, 5.41) is 0. The van der Waals surface area contributed by atoms with E-state index >= 15 is 0 Å². The quantitative estimate of drug-likeness (QED) is 0.726. The first-order valence-corrected chi connectivity index (χ1v) is 4.99. The monoisotopic (exact) mass is 223 g/mol. The zero-order chi connectivity index (χ0) is 12.1. The molecule has 1 aromatic rings. The first-order valence-electron chi connectivity index (χ1n) is 4.99. The van der Waals surface area contributed by atoms with Gasteiger partial charge in [-0.3, -0.25) is 0 Å². The Morgan fingerprint density at radius 1 is 1.31 bits per heavy atom. The summed E-state index contributed by atoms with van der Waals surface area (Å²) >= 11 is 0. The van der Waals surface area contributed by atoms with E-state index in [9.17, 15) is 4.79 Å². The lowest BCUT2D eigenvalue weighted by Crippen LogP contribution is -2.15. The summed E-state index contributed by atoms with van der Waals surface area (Å²) in [7, 11) is 6.80. The molecule has 0 N–H and O–H groups in total. The number of nitrogens with zero attached hydrogens (tertiary/aromatic N) is 1. The fraction of sp³-hybridized carbons (Fsp3) is 0.417. The minimum atomic E-state index is -0.366. The van der Waals surface area contributed by atoms with E-state index in [1.165, 1.54) is 7.11 Å². The van der Waals surface area contributed by atoms with Gasteiger partial charge >= 0.3 is 5.97 Å². The topological polar surface area (TPSA) is 38.8 Å². The molecule has 0 aliphatic rings. The minimum absolute atomic E-state index is 0.366. The molecule has 0 fully saturated rings. The second-order valence-corrected chi connectivity index (χ2v) is 3.72. The van der Waals surface area contributed by atoms with Gasteiger partial charge in [0.05, 0.1) is 14.2 Å². The van der Waals surface area contributed by atoms with Crippen LogP contribution in [-0.2, 0) is 11.3 Å². The van der Waals surface area contributed by atoms with Crippen LogP contribution in [0.1, 0.15) is 15.9 Å². The lowest BCUT2D eigenvalue weighted by Gasteiger charge is -2.15. The van der Waals surface area contributed by atoms with Crippen LogP contribution in [0.15, 0.2) is 18.2 Å². The molecule has 1 aromatic carbocycles. The standard InChI is InChI=1S/C12H17NO3/c1-13(2)8-9-6-5-7-10(15-3)11(9)12(14)16-4/h5-7H,8H2,1-4H3. The minimum Gasteiger partial charge on any atom is -0.496 e. The van der Waals surface area contributed by atoms with Gasteiger partial charge in [-0.05, 0) is 25.7 Å². The molecule has 16 heavy (non-hydrogen) atoms. The van der Waals surface area contributed by atoms with Gasteiger partial charge in [-0.2, -0.15) is 0 Å². The summed E-state index contributed by atoms with van der Waals surface area (Å²) in [6.07, 6.45) is 0. The average Bonchev–Trinajstić information content (AvgIpc) is 2.27. The summed E-state index contributed by atoms with van der Waals surface area (Å²) in [6, 6.07) is 5.52. The molecule has 0 atom stereocenters. The molecule has 0 aliphatic carbocycles. The number of carbonyl (C=O) groups is 1. The Balaban J connectivity index is 3.20. The van der Waals surface area contributed by atoms with Crippen molar-refractivity contribution >= 4 is 5.97 Å². The Hall–Kier alpha value is -1.55. The molecule has 0 heterocycles. The zero-order valence-electron chi connectivity index (χ0n) is 10.1. The Labute approximate surface area is 95.8 Å². The van der Waals surface area contributed by atoms with Crippen molar-refractivity contribution in [3.63, 3.8) is 0 Å². The molecule has 0 bridgehead atoms. The molecule has 0 saturated carbocycles. The first kappa shape index (κ1) is 12.5. The summed E-state index contributed by atoms with van der Waals surface area (Å²) in [4.78, 5) is 13.7. The van der Waals surface area contributed by atoms with E-state index in [4.69, 9.17) is 9.47 Å². The van der Waals surface area contributed by atoms with Gasteiger partial charge in [0.25, 0.3) is 0 Å². The van der Waals surface area contributed by atoms with Crippen LogP contribution in [0, 0.1) is 0 Å². The fourth-order valence-corrected chi connectivity index (χ4v) is 1.55. The van der Waals surface area contributed by atoms with Crippen LogP contribution in [0.25, 0.3) is 0 Å². The predicted molar refractivity (Wildman–Crippen MR) is 61.7 cm³/mol. The molecule has 88 valence electrons. The molecule has 0 amide bonds. The maximum Gasteiger partial charge on any atom is 0.341 e. The summed E-state index contributed by atoms with van der Waals surface area (Å²) in [6.45, 7) is 0.668. The third-order valence-corrected chi connectivity index (χ3v) is 2.21. The van der Waals surface area contributed by atoms with Crippen LogP contribution in [-0.4, -0.2) is 39.2 Å². The van der Waals surface area contributed by atoms with E-state index in [-0.39, 0.29) is 5.97 Å². The van der Waals surface area contributed by atoms with Gasteiger partial charge in [0.1, 0.15) is 11.3 Å². The average molecular weight is 223 g/mol. The van der Waals surface area contributed by atoms with E-state index < -0.39 is 0 Å². The Morgan fingerprint density at radius 2 is 2.00 bits per heavy atom. The van der Waals surface area contributed by atoms with Crippen molar-refractivity contribution in [1.82, 2.24) is 4.90 Å². The number of carbonyl (C=O) groups excluding carboxylic acids is 1. The van der Waals surface area contributed by atoms with Crippen molar-refractivity contribution in [1.29, 1.82) is 0 Å². The van der Waals surface area contributed by atoms with Crippen molar-refractivity contribution in [2.75, 3.05) is 28.3 Å². The Morgan fingerprint density at radius 3 is 2.50 bits per heavy atom. The van der Waals surface area contributed by atoms with Gasteiger partial charge in [0.15, 0.2) is 0 Å². The summed E-state index contributed by atoms with van der Waals surface area (Å²) in [5.74, 6) is 0.181. The lowest BCUT2D eigenvalue weighted by molar-refractivity contribution is 0.0595. The van der Waals surface area contributed by atoms with Crippen LogP contribution >= 0.6 is 0 Å². The third kappa shape index (κ3) is 2.73. The largest absolute Gasteiger partial charge is 0.496 e. The van der Waals surface area contributed by atoms with Gasteiger partial charge in [-0.1, -0.05) is 12.1 Å². The molecule has 0 saturated heterocycles. The molecule has 4 nitrogen and oxygen atoms in total. The van der Waals surface area contributed by atoms with Crippen LogP contribution in [0.2, 0.25) is 0 Å². The number of methoxy groups -OCH3 is 2. The van der Waals surface area contributed by atoms with Crippen molar-refractivity contribution in [3.8, 4) is 5.75 Å². The highest BCUT2D eigenvalue weighted by Crippen LogP contribution is 2.23. The van der Waals surface area contributed by atoms with Gasteiger partial charge in [-0.25, -0.2) is 4.79 Å². The smallest absolute Gasteiger partial charge is 0.341 e.